The second-order valence-electron chi connectivity index (χ2n) is 5.94. The molecule has 0 rings (SSSR count). The second-order valence-corrected chi connectivity index (χ2v) is 5.94. The molecule has 1 atom stereocenters. The highest BCUT2D eigenvalue weighted by atomic mass is 15.0. The first-order chi connectivity index (χ1) is 6.73. The quantitative estimate of drug-likeness (QED) is 0.681. The molecule has 2 nitrogen and oxygen atoms in total. The lowest BCUT2D eigenvalue weighted by molar-refractivity contribution is 0.305. The molecule has 0 saturated carbocycles. The third-order valence-corrected chi connectivity index (χ3v) is 2.50. The van der Waals surface area contributed by atoms with Crippen LogP contribution < -0.4 is 10.6 Å². The average molecular weight is 214 g/mol. The van der Waals surface area contributed by atoms with Crippen molar-refractivity contribution >= 4 is 0 Å². The van der Waals surface area contributed by atoms with Gasteiger partial charge in [-0.3, -0.25) is 0 Å². The Hall–Kier alpha value is -0.0800. The summed E-state index contributed by atoms with van der Waals surface area (Å²) in [6, 6.07) is 1.76. The highest BCUT2D eigenvalue weighted by Gasteiger charge is 2.19. The van der Waals surface area contributed by atoms with E-state index in [-0.39, 0.29) is 5.54 Å². The van der Waals surface area contributed by atoms with Gasteiger partial charge in [-0.1, -0.05) is 27.7 Å². The van der Waals surface area contributed by atoms with E-state index in [1.807, 2.05) is 0 Å². The molecule has 2 N–H and O–H groups in total. The van der Waals surface area contributed by atoms with Crippen LogP contribution in [0.4, 0.5) is 0 Å². The predicted octanol–water partition coefficient (Wildman–Crippen LogP) is 2.93. The van der Waals surface area contributed by atoms with Crippen LogP contribution in [0.5, 0.6) is 0 Å². The first-order valence-corrected chi connectivity index (χ1v) is 6.26. The molecule has 0 bridgehead atoms. The molecule has 15 heavy (non-hydrogen) atoms. The van der Waals surface area contributed by atoms with Crippen LogP contribution in [0.3, 0.4) is 0 Å². The molecular formula is C13H30N2. The molecule has 0 saturated heterocycles. The Morgan fingerprint density at radius 3 is 1.87 bits per heavy atom. The van der Waals surface area contributed by atoms with E-state index in [1.54, 1.807) is 0 Å². The Morgan fingerprint density at radius 1 is 0.933 bits per heavy atom. The van der Waals surface area contributed by atoms with Gasteiger partial charge >= 0.3 is 0 Å². The smallest absolute Gasteiger partial charge is 0.0128 e. The summed E-state index contributed by atoms with van der Waals surface area (Å²) in [6.45, 7) is 15.7. The zero-order valence-electron chi connectivity index (χ0n) is 11.6. The molecule has 0 aromatic rings. The van der Waals surface area contributed by atoms with Crippen LogP contribution in [0.2, 0.25) is 0 Å². The maximum Gasteiger partial charge on any atom is 0.0128 e. The van der Waals surface area contributed by atoms with Gasteiger partial charge in [0.25, 0.3) is 0 Å². The Kier molecular flexibility index (Phi) is 6.46. The number of hydrogen-bond donors (Lipinski definition) is 2. The van der Waals surface area contributed by atoms with Crippen LogP contribution in [0.25, 0.3) is 0 Å². The third kappa shape index (κ3) is 8.88. The normalized spacial score (nSPS) is 15.0. The predicted molar refractivity (Wildman–Crippen MR) is 69.3 cm³/mol. The molecule has 0 radical (unpaired) electrons. The molecule has 0 aromatic heterocycles. The van der Waals surface area contributed by atoms with E-state index in [0.717, 1.165) is 0 Å². The summed E-state index contributed by atoms with van der Waals surface area (Å²) in [7, 11) is 0. The standard InChI is InChI=1S/C13H30N2/c1-10(2)14-12(5)8-9-13(6,7)15-11(3)4/h10-12,14-15H,8-9H2,1-7H3. The van der Waals surface area contributed by atoms with Crippen molar-refractivity contribution < 1.29 is 0 Å². The van der Waals surface area contributed by atoms with E-state index >= 15 is 0 Å². The largest absolute Gasteiger partial charge is 0.312 e. The summed E-state index contributed by atoms with van der Waals surface area (Å²) in [5.41, 5.74) is 0.251. The van der Waals surface area contributed by atoms with Crippen molar-refractivity contribution in [2.24, 2.45) is 0 Å². The van der Waals surface area contributed by atoms with Gasteiger partial charge in [0.1, 0.15) is 0 Å². The molecule has 0 spiro atoms. The summed E-state index contributed by atoms with van der Waals surface area (Å²) in [6.07, 6.45) is 2.44. The summed E-state index contributed by atoms with van der Waals surface area (Å²) in [5, 5.41) is 7.14. The number of rotatable bonds is 7. The minimum atomic E-state index is 0.251. The van der Waals surface area contributed by atoms with Crippen molar-refractivity contribution in [3.63, 3.8) is 0 Å². The third-order valence-electron chi connectivity index (χ3n) is 2.50. The monoisotopic (exact) mass is 214 g/mol. The fourth-order valence-corrected chi connectivity index (χ4v) is 2.08. The van der Waals surface area contributed by atoms with Crippen molar-refractivity contribution in [1.29, 1.82) is 0 Å². The Morgan fingerprint density at radius 2 is 1.47 bits per heavy atom. The summed E-state index contributed by atoms with van der Waals surface area (Å²) >= 11 is 0. The van der Waals surface area contributed by atoms with E-state index in [0.29, 0.717) is 18.1 Å². The number of hydrogen-bond acceptors (Lipinski definition) is 2. The lowest BCUT2D eigenvalue weighted by Crippen LogP contribution is -2.44. The fraction of sp³-hybridized carbons (Fsp3) is 1.00. The van der Waals surface area contributed by atoms with Gasteiger partial charge in [0.2, 0.25) is 0 Å². The lowest BCUT2D eigenvalue weighted by Gasteiger charge is -2.30. The van der Waals surface area contributed by atoms with E-state index in [4.69, 9.17) is 0 Å². The minimum Gasteiger partial charge on any atom is -0.312 e. The van der Waals surface area contributed by atoms with Crippen LogP contribution in [0, 0.1) is 0 Å². The van der Waals surface area contributed by atoms with Crippen LogP contribution in [-0.4, -0.2) is 23.7 Å². The van der Waals surface area contributed by atoms with Gasteiger partial charge in [-0.05, 0) is 33.6 Å². The van der Waals surface area contributed by atoms with Crippen molar-refractivity contribution in [1.82, 2.24) is 10.6 Å². The van der Waals surface area contributed by atoms with E-state index < -0.39 is 0 Å². The molecule has 0 aliphatic carbocycles. The summed E-state index contributed by atoms with van der Waals surface area (Å²) in [4.78, 5) is 0. The van der Waals surface area contributed by atoms with Crippen LogP contribution in [-0.2, 0) is 0 Å². The first-order valence-electron chi connectivity index (χ1n) is 6.26. The highest BCUT2D eigenvalue weighted by Crippen LogP contribution is 2.14. The fourth-order valence-electron chi connectivity index (χ4n) is 2.08. The van der Waals surface area contributed by atoms with Crippen LogP contribution in [0.15, 0.2) is 0 Å². The van der Waals surface area contributed by atoms with E-state index in [1.165, 1.54) is 12.8 Å². The van der Waals surface area contributed by atoms with Gasteiger partial charge in [0.05, 0.1) is 0 Å². The van der Waals surface area contributed by atoms with Gasteiger partial charge in [-0.2, -0.15) is 0 Å². The molecular weight excluding hydrogens is 184 g/mol. The molecule has 92 valence electrons. The van der Waals surface area contributed by atoms with Gasteiger partial charge in [-0.15, -0.1) is 0 Å². The maximum atomic E-state index is 3.60. The summed E-state index contributed by atoms with van der Waals surface area (Å²) in [5.74, 6) is 0. The number of nitrogens with one attached hydrogen (secondary N) is 2. The summed E-state index contributed by atoms with van der Waals surface area (Å²) < 4.78 is 0. The Balaban J connectivity index is 3.82. The van der Waals surface area contributed by atoms with Crippen LogP contribution >= 0.6 is 0 Å². The van der Waals surface area contributed by atoms with E-state index in [2.05, 4.69) is 59.1 Å². The molecule has 0 fully saturated rings. The topological polar surface area (TPSA) is 24.1 Å². The molecule has 0 aromatic carbocycles. The van der Waals surface area contributed by atoms with Crippen molar-refractivity contribution in [3.8, 4) is 0 Å². The SMILES string of the molecule is CC(C)NC(C)CCC(C)(C)NC(C)C. The van der Waals surface area contributed by atoms with Crippen molar-refractivity contribution in [2.45, 2.75) is 85.0 Å². The Labute approximate surface area is 96.2 Å². The van der Waals surface area contributed by atoms with Gasteiger partial charge in [0, 0.05) is 23.7 Å². The molecule has 0 heterocycles. The zero-order valence-corrected chi connectivity index (χ0v) is 11.6. The van der Waals surface area contributed by atoms with Crippen LogP contribution in [0.1, 0.15) is 61.3 Å². The lowest BCUT2D eigenvalue weighted by atomic mass is 9.95. The second kappa shape index (κ2) is 6.49. The molecule has 2 heteroatoms. The first kappa shape index (κ1) is 14.9. The molecule has 0 amide bonds. The highest BCUT2D eigenvalue weighted by molar-refractivity contribution is 4.81. The van der Waals surface area contributed by atoms with Crippen molar-refractivity contribution in [2.75, 3.05) is 0 Å². The average Bonchev–Trinajstić information content (AvgIpc) is 1.97. The Bertz CT molecular complexity index is 162. The van der Waals surface area contributed by atoms with E-state index in [9.17, 15) is 0 Å². The molecule has 0 aliphatic rings. The molecule has 0 aliphatic heterocycles. The van der Waals surface area contributed by atoms with Gasteiger partial charge in [0.15, 0.2) is 0 Å². The molecule has 1 unspecified atom stereocenters. The minimum absolute atomic E-state index is 0.251. The van der Waals surface area contributed by atoms with Gasteiger partial charge in [-0.25, -0.2) is 0 Å². The van der Waals surface area contributed by atoms with Gasteiger partial charge < -0.3 is 10.6 Å². The zero-order chi connectivity index (χ0) is 12.1. The maximum absolute atomic E-state index is 3.60. The van der Waals surface area contributed by atoms with Crippen molar-refractivity contribution in [3.05, 3.63) is 0 Å².